The molecule has 1 amide bonds. The molecule has 154 valence electrons. The molecule has 28 heavy (non-hydrogen) atoms. The summed E-state index contributed by atoms with van der Waals surface area (Å²) in [5, 5.41) is 0. The second-order valence-electron chi connectivity index (χ2n) is 8.30. The lowest BCUT2D eigenvalue weighted by atomic mass is 9.79. The Hall–Kier alpha value is -2.05. The maximum absolute atomic E-state index is 12.5. The van der Waals surface area contributed by atoms with Crippen LogP contribution in [0.4, 0.5) is 10.6 Å². The second-order valence-corrected chi connectivity index (χ2v) is 8.30. The minimum Gasteiger partial charge on any atom is -0.466 e. The van der Waals surface area contributed by atoms with Gasteiger partial charge in [-0.25, -0.2) is 9.78 Å². The van der Waals surface area contributed by atoms with Crippen LogP contribution in [0.3, 0.4) is 0 Å². The van der Waals surface area contributed by atoms with Crippen LogP contribution in [0.5, 0.6) is 0 Å². The smallest absolute Gasteiger partial charge is 0.416 e. The van der Waals surface area contributed by atoms with E-state index >= 15 is 0 Å². The van der Waals surface area contributed by atoms with E-state index in [1.165, 1.54) is 0 Å². The molecule has 0 fully saturated rings. The maximum atomic E-state index is 12.5. The van der Waals surface area contributed by atoms with E-state index in [0.29, 0.717) is 19.6 Å². The Labute approximate surface area is 169 Å². The summed E-state index contributed by atoms with van der Waals surface area (Å²) < 4.78 is 10.7. The van der Waals surface area contributed by atoms with Gasteiger partial charge in [0, 0.05) is 18.7 Å². The Bertz CT molecular complexity index is 673. The monoisotopic (exact) mass is 388 g/mol. The van der Waals surface area contributed by atoms with Crippen LogP contribution in [0.1, 0.15) is 57.7 Å². The number of rotatable bonds is 8. The number of pyridine rings is 1. The molecule has 0 radical (unpaired) electrons. The zero-order valence-corrected chi connectivity index (χ0v) is 17.8. The highest BCUT2D eigenvalue weighted by Gasteiger charge is 2.28. The SMILES string of the molecule is CBCCOC(=O)CCCCc1ccc2c(n1)N(C(=O)OC(C)(C)C)CCC2. The van der Waals surface area contributed by atoms with Crippen molar-refractivity contribution < 1.29 is 19.1 Å². The summed E-state index contributed by atoms with van der Waals surface area (Å²) in [6.07, 6.45) is 5.27. The number of carbonyl (C=O) groups is 2. The largest absolute Gasteiger partial charge is 0.466 e. The van der Waals surface area contributed by atoms with Crippen LogP contribution in [-0.2, 0) is 27.1 Å². The number of aryl methyl sites for hydroxylation is 2. The number of ether oxygens (including phenoxy) is 2. The zero-order valence-electron chi connectivity index (χ0n) is 17.8. The molecular formula is C21H33BN2O4. The van der Waals surface area contributed by atoms with Gasteiger partial charge in [-0.15, -0.1) is 0 Å². The predicted molar refractivity (Wildman–Crippen MR) is 112 cm³/mol. The first-order chi connectivity index (χ1) is 13.3. The second kappa shape index (κ2) is 10.5. The highest BCUT2D eigenvalue weighted by atomic mass is 16.6. The van der Waals surface area contributed by atoms with Gasteiger partial charge in [-0.2, -0.15) is 0 Å². The Morgan fingerprint density at radius 1 is 1.25 bits per heavy atom. The molecule has 1 aromatic heterocycles. The predicted octanol–water partition coefficient (Wildman–Crippen LogP) is 3.93. The zero-order chi connectivity index (χ0) is 20.6. The average Bonchev–Trinajstić information content (AvgIpc) is 2.63. The molecule has 0 N–H and O–H groups in total. The number of carbonyl (C=O) groups excluding carboxylic acids is 2. The molecule has 1 aromatic rings. The maximum Gasteiger partial charge on any atom is 0.416 e. The molecule has 6 nitrogen and oxygen atoms in total. The standard InChI is InChI=1S/C21H33BN2O4/c1-21(2,3)28-20(26)24-14-7-8-16-11-12-17(23-19(16)24)9-5-6-10-18(25)27-15-13-22-4/h11-12,22H,5-10,13-15H2,1-4H3. The van der Waals surface area contributed by atoms with Gasteiger partial charge in [0.15, 0.2) is 0 Å². The highest BCUT2D eigenvalue weighted by Crippen LogP contribution is 2.27. The Morgan fingerprint density at radius 2 is 2.04 bits per heavy atom. The van der Waals surface area contributed by atoms with E-state index in [-0.39, 0.29) is 12.1 Å². The van der Waals surface area contributed by atoms with Crippen LogP contribution in [0.25, 0.3) is 0 Å². The summed E-state index contributed by atoms with van der Waals surface area (Å²) >= 11 is 0. The normalized spacial score (nSPS) is 13.6. The molecule has 0 unspecified atom stereocenters. The van der Waals surface area contributed by atoms with Gasteiger partial charge in [-0.3, -0.25) is 9.69 Å². The number of fused-ring (bicyclic) bond motifs is 1. The van der Waals surface area contributed by atoms with Crippen molar-refractivity contribution in [3.63, 3.8) is 0 Å². The third kappa shape index (κ3) is 7.17. The van der Waals surface area contributed by atoms with E-state index in [4.69, 9.17) is 14.5 Å². The van der Waals surface area contributed by atoms with Gasteiger partial charge in [0.05, 0.1) is 6.61 Å². The van der Waals surface area contributed by atoms with Gasteiger partial charge >= 0.3 is 12.1 Å². The van der Waals surface area contributed by atoms with Crippen molar-refractivity contribution in [3.8, 4) is 0 Å². The lowest BCUT2D eigenvalue weighted by Crippen LogP contribution is -2.40. The number of esters is 1. The molecule has 0 aromatic carbocycles. The van der Waals surface area contributed by atoms with Crippen molar-refractivity contribution in [2.45, 2.75) is 78.0 Å². The number of aromatic nitrogens is 1. The fraction of sp³-hybridized carbons (Fsp3) is 0.667. The van der Waals surface area contributed by atoms with Gasteiger partial charge in [0.2, 0.25) is 0 Å². The summed E-state index contributed by atoms with van der Waals surface area (Å²) in [7, 11) is 1.03. The van der Waals surface area contributed by atoms with Crippen LogP contribution < -0.4 is 4.90 Å². The lowest BCUT2D eigenvalue weighted by molar-refractivity contribution is -0.143. The minimum absolute atomic E-state index is 0.122. The van der Waals surface area contributed by atoms with Crippen molar-refractivity contribution in [1.29, 1.82) is 0 Å². The summed E-state index contributed by atoms with van der Waals surface area (Å²) in [6.45, 7) is 8.82. The molecule has 1 aliphatic heterocycles. The van der Waals surface area contributed by atoms with E-state index < -0.39 is 5.60 Å². The van der Waals surface area contributed by atoms with Gasteiger partial charge in [-0.1, -0.05) is 12.9 Å². The van der Waals surface area contributed by atoms with Crippen LogP contribution in [0.2, 0.25) is 13.1 Å². The fourth-order valence-corrected chi connectivity index (χ4v) is 3.09. The molecule has 1 aliphatic rings. The van der Waals surface area contributed by atoms with Crippen LogP contribution >= 0.6 is 0 Å². The van der Waals surface area contributed by atoms with Crippen molar-refractivity contribution >= 4 is 25.2 Å². The first kappa shape index (κ1) is 22.2. The van der Waals surface area contributed by atoms with Crippen molar-refractivity contribution in [3.05, 3.63) is 23.4 Å². The van der Waals surface area contributed by atoms with Gasteiger partial charge in [0.1, 0.15) is 18.7 Å². The highest BCUT2D eigenvalue weighted by molar-refractivity contribution is 6.33. The van der Waals surface area contributed by atoms with Gasteiger partial charge in [-0.05, 0) is 70.8 Å². The summed E-state index contributed by atoms with van der Waals surface area (Å²) in [6, 6.07) is 4.09. The molecule has 0 aliphatic carbocycles. The average molecular weight is 388 g/mol. The molecule has 2 heterocycles. The number of hydrogen-bond donors (Lipinski definition) is 0. The fourth-order valence-electron chi connectivity index (χ4n) is 3.09. The number of unbranched alkanes of at least 4 members (excludes halogenated alkanes) is 1. The van der Waals surface area contributed by atoms with Gasteiger partial charge in [0.25, 0.3) is 0 Å². The van der Waals surface area contributed by atoms with Crippen molar-refractivity contribution in [1.82, 2.24) is 4.98 Å². The Balaban J connectivity index is 1.90. The van der Waals surface area contributed by atoms with Crippen molar-refractivity contribution in [2.75, 3.05) is 18.1 Å². The van der Waals surface area contributed by atoms with E-state index in [1.807, 2.05) is 26.8 Å². The first-order valence-electron chi connectivity index (χ1n) is 10.4. The topological polar surface area (TPSA) is 68.7 Å². The number of anilines is 1. The summed E-state index contributed by atoms with van der Waals surface area (Å²) in [4.78, 5) is 30.6. The molecule has 0 saturated heterocycles. The van der Waals surface area contributed by atoms with E-state index in [0.717, 1.165) is 62.8 Å². The Kier molecular flexibility index (Phi) is 8.33. The molecule has 0 spiro atoms. The lowest BCUT2D eigenvalue weighted by Gasteiger charge is -2.31. The Morgan fingerprint density at radius 3 is 2.75 bits per heavy atom. The minimum atomic E-state index is -0.530. The van der Waals surface area contributed by atoms with E-state index in [2.05, 4.69) is 12.9 Å². The van der Waals surface area contributed by atoms with E-state index in [1.54, 1.807) is 4.90 Å². The molecule has 0 bridgehead atoms. The number of hydrogen-bond acceptors (Lipinski definition) is 5. The quantitative estimate of drug-likeness (QED) is 0.384. The third-order valence-corrected chi connectivity index (χ3v) is 4.54. The molecule has 7 heteroatoms. The number of nitrogens with zero attached hydrogens (tertiary/aromatic N) is 2. The molecule has 2 rings (SSSR count). The van der Waals surface area contributed by atoms with E-state index in [9.17, 15) is 9.59 Å². The summed E-state index contributed by atoms with van der Waals surface area (Å²) in [5.41, 5.74) is 1.49. The molecule has 0 saturated carbocycles. The third-order valence-electron chi connectivity index (χ3n) is 4.54. The van der Waals surface area contributed by atoms with Crippen LogP contribution in [0, 0.1) is 0 Å². The first-order valence-corrected chi connectivity index (χ1v) is 10.4. The molecular weight excluding hydrogens is 355 g/mol. The van der Waals surface area contributed by atoms with Gasteiger partial charge < -0.3 is 9.47 Å². The van der Waals surface area contributed by atoms with Crippen LogP contribution in [0.15, 0.2) is 12.1 Å². The number of amides is 1. The van der Waals surface area contributed by atoms with Crippen LogP contribution in [-0.4, -0.2) is 43.1 Å². The molecule has 0 atom stereocenters. The summed E-state index contributed by atoms with van der Waals surface area (Å²) in [5.74, 6) is 0.597. The van der Waals surface area contributed by atoms with Crippen molar-refractivity contribution in [2.24, 2.45) is 0 Å².